The first-order valence-corrected chi connectivity index (χ1v) is 7.24. The molecule has 0 aromatic carbocycles. The summed E-state index contributed by atoms with van der Waals surface area (Å²) in [6, 6.07) is 1.91. The molecule has 100 valence electrons. The topological polar surface area (TPSA) is 51.8 Å². The van der Waals surface area contributed by atoms with Crippen molar-refractivity contribution in [3.8, 4) is 0 Å². The monoisotopic (exact) mass is 247 g/mol. The molecule has 1 saturated carbocycles. The Bertz CT molecular complexity index is 401. The van der Waals surface area contributed by atoms with Gasteiger partial charge in [-0.25, -0.2) is 9.97 Å². The second kappa shape index (κ2) is 5.68. The Hall–Kier alpha value is -1.12. The highest BCUT2D eigenvalue weighted by Gasteiger charge is 2.24. The highest BCUT2D eigenvalue weighted by atomic mass is 15.0. The van der Waals surface area contributed by atoms with E-state index in [-0.39, 0.29) is 0 Å². The summed E-state index contributed by atoms with van der Waals surface area (Å²) in [5.41, 5.74) is 7.00. The third-order valence-corrected chi connectivity index (χ3v) is 4.10. The number of aromatic nitrogens is 2. The lowest BCUT2D eigenvalue weighted by Crippen LogP contribution is -2.17. The summed E-state index contributed by atoms with van der Waals surface area (Å²) >= 11 is 0. The molecule has 0 aliphatic heterocycles. The SMILES string of the molecule is CCC1CCCC(c2nc(N)cc(C(C)C)n2)C1. The van der Waals surface area contributed by atoms with E-state index >= 15 is 0 Å². The van der Waals surface area contributed by atoms with Crippen LogP contribution in [0.2, 0.25) is 0 Å². The average Bonchev–Trinajstić information content (AvgIpc) is 2.38. The second-order valence-electron chi connectivity index (χ2n) is 5.87. The largest absolute Gasteiger partial charge is 0.384 e. The van der Waals surface area contributed by atoms with Crippen LogP contribution in [0.1, 0.15) is 76.2 Å². The lowest BCUT2D eigenvalue weighted by atomic mass is 9.80. The summed E-state index contributed by atoms with van der Waals surface area (Å²) in [5, 5.41) is 0. The molecule has 1 aliphatic carbocycles. The van der Waals surface area contributed by atoms with Crippen LogP contribution in [0, 0.1) is 5.92 Å². The van der Waals surface area contributed by atoms with E-state index in [0.717, 1.165) is 17.4 Å². The molecule has 1 fully saturated rings. The molecule has 1 aromatic rings. The molecule has 2 N–H and O–H groups in total. The summed E-state index contributed by atoms with van der Waals surface area (Å²) in [4.78, 5) is 9.21. The summed E-state index contributed by atoms with van der Waals surface area (Å²) in [7, 11) is 0. The van der Waals surface area contributed by atoms with Crippen LogP contribution in [-0.2, 0) is 0 Å². The predicted molar refractivity (Wildman–Crippen MR) is 75.5 cm³/mol. The van der Waals surface area contributed by atoms with Crippen molar-refractivity contribution in [2.24, 2.45) is 5.92 Å². The van der Waals surface area contributed by atoms with Gasteiger partial charge >= 0.3 is 0 Å². The molecular weight excluding hydrogens is 222 g/mol. The molecule has 1 aliphatic rings. The molecule has 0 bridgehead atoms. The van der Waals surface area contributed by atoms with E-state index in [1.807, 2.05) is 6.07 Å². The number of nitrogens with zero attached hydrogens (tertiary/aromatic N) is 2. The Balaban J connectivity index is 2.21. The maximum atomic E-state index is 5.92. The summed E-state index contributed by atoms with van der Waals surface area (Å²) < 4.78 is 0. The van der Waals surface area contributed by atoms with Crippen LogP contribution in [0.25, 0.3) is 0 Å². The lowest BCUT2D eigenvalue weighted by Gasteiger charge is -2.27. The number of anilines is 1. The van der Waals surface area contributed by atoms with Gasteiger partial charge in [0.25, 0.3) is 0 Å². The van der Waals surface area contributed by atoms with Gasteiger partial charge in [-0.05, 0) is 24.7 Å². The van der Waals surface area contributed by atoms with Gasteiger partial charge in [-0.1, -0.05) is 40.0 Å². The summed E-state index contributed by atoms with van der Waals surface area (Å²) in [6.45, 7) is 6.59. The van der Waals surface area contributed by atoms with Gasteiger partial charge in [0.1, 0.15) is 11.6 Å². The van der Waals surface area contributed by atoms with E-state index in [4.69, 9.17) is 10.7 Å². The van der Waals surface area contributed by atoms with Crippen molar-refractivity contribution in [2.45, 2.75) is 64.7 Å². The summed E-state index contributed by atoms with van der Waals surface area (Å²) in [5.74, 6) is 3.39. The fourth-order valence-electron chi connectivity index (χ4n) is 2.88. The van der Waals surface area contributed by atoms with Crippen molar-refractivity contribution in [1.29, 1.82) is 0 Å². The van der Waals surface area contributed by atoms with Crippen molar-refractivity contribution in [3.05, 3.63) is 17.6 Å². The fourth-order valence-corrected chi connectivity index (χ4v) is 2.88. The van der Waals surface area contributed by atoms with Crippen molar-refractivity contribution in [2.75, 3.05) is 5.73 Å². The van der Waals surface area contributed by atoms with Gasteiger partial charge in [0.15, 0.2) is 0 Å². The first-order valence-electron chi connectivity index (χ1n) is 7.24. The highest BCUT2D eigenvalue weighted by molar-refractivity contribution is 5.31. The van der Waals surface area contributed by atoms with Crippen LogP contribution in [-0.4, -0.2) is 9.97 Å². The van der Waals surface area contributed by atoms with Crippen LogP contribution in [0.5, 0.6) is 0 Å². The number of rotatable bonds is 3. The average molecular weight is 247 g/mol. The van der Waals surface area contributed by atoms with Crippen LogP contribution < -0.4 is 5.73 Å². The second-order valence-corrected chi connectivity index (χ2v) is 5.87. The Labute approximate surface area is 110 Å². The van der Waals surface area contributed by atoms with Gasteiger partial charge in [0.2, 0.25) is 0 Å². The Kier molecular flexibility index (Phi) is 4.20. The molecular formula is C15H25N3. The van der Waals surface area contributed by atoms with Crippen LogP contribution in [0.4, 0.5) is 5.82 Å². The minimum Gasteiger partial charge on any atom is -0.384 e. The van der Waals surface area contributed by atoms with E-state index in [9.17, 15) is 0 Å². The number of nitrogen functional groups attached to an aromatic ring is 1. The highest BCUT2D eigenvalue weighted by Crippen LogP contribution is 2.36. The maximum Gasteiger partial charge on any atom is 0.134 e. The zero-order chi connectivity index (χ0) is 13.1. The van der Waals surface area contributed by atoms with Crippen molar-refractivity contribution >= 4 is 5.82 Å². The van der Waals surface area contributed by atoms with Crippen molar-refractivity contribution in [1.82, 2.24) is 9.97 Å². The zero-order valence-electron chi connectivity index (χ0n) is 11.8. The molecule has 0 spiro atoms. The van der Waals surface area contributed by atoms with Crippen molar-refractivity contribution < 1.29 is 0 Å². The van der Waals surface area contributed by atoms with Gasteiger partial charge < -0.3 is 5.73 Å². The fraction of sp³-hybridized carbons (Fsp3) is 0.733. The van der Waals surface area contributed by atoms with Gasteiger partial charge in [-0.2, -0.15) is 0 Å². The smallest absolute Gasteiger partial charge is 0.134 e. The molecule has 0 amide bonds. The van der Waals surface area contributed by atoms with E-state index in [0.29, 0.717) is 17.7 Å². The van der Waals surface area contributed by atoms with Crippen LogP contribution in [0.3, 0.4) is 0 Å². The molecule has 18 heavy (non-hydrogen) atoms. The standard InChI is InChI=1S/C15H25N3/c1-4-11-6-5-7-12(8-11)15-17-13(10(2)3)9-14(16)18-15/h9-12H,4-8H2,1-3H3,(H2,16,17,18). The van der Waals surface area contributed by atoms with E-state index in [1.54, 1.807) is 0 Å². The maximum absolute atomic E-state index is 5.92. The number of nitrogens with two attached hydrogens (primary N) is 1. The van der Waals surface area contributed by atoms with Crippen LogP contribution >= 0.6 is 0 Å². The minimum absolute atomic E-state index is 0.416. The molecule has 3 heteroatoms. The Morgan fingerprint density at radius 3 is 2.78 bits per heavy atom. The van der Waals surface area contributed by atoms with Gasteiger partial charge in [0.05, 0.1) is 0 Å². The molecule has 2 unspecified atom stereocenters. The van der Waals surface area contributed by atoms with Crippen molar-refractivity contribution in [3.63, 3.8) is 0 Å². The van der Waals surface area contributed by atoms with Gasteiger partial charge in [-0.3, -0.25) is 0 Å². The molecule has 1 aromatic heterocycles. The predicted octanol–water partition coefficient (Wildman–Crippen LogP) is 3.87. The van der Waals surface area contributed by atoms with Gasteiger partial charge in [-0.15, -0.1) is 0 Å². The van der Waals surface area contributed by atoms with E-state index < -0.39 is 0 Å². The van der Waals surface area contributed by atoms with Crippen LogP contribution in [0.15, 0.2) is 6.07 Å². The van der Waals surface area contributed by atoms with Gasteiger partial charge in [0, 0.05) is 17.7 Å². The third kappa shape index (κ3) is 3.01. The minimum atomic E-state index is 0.416. The molecule has 0 radical (unpaired) electrons. The molecule has 1 heterocycles. The first-order chi connectivity index (χ1) is 8.60. The quantitative estimate of drug-likeness (QED) is 0.882. The first kappa shape index (κ1) is 13.3. The summed E-state index contributed by atoms with van der Waals surface area (Å²) in [6.07, 6.45) is 6.40. The molecule has 3 nitrogen and oxygen atoms in total. The Morgan fingerprint density at radius 2 is 2.11 bits per heavy atom. The van der Waals surface area contributed by atoms with E-state index in [2.05, 4.69) is 25.8 Å². The number of hydrogen-bond acceptors (Lipinski definition) is 3. The lowest BCUT2D eigenvalue weighted by molar-refractivity contribution is 0.307. The molecule has 2 atom stereocenters. The van der Waals surface area contributed by atoms with E-state index in [1.165, 1.54) is 32.1 Å². The normalized spacial score (nSPS) is 24.4. The molecule has 0 saturated heterocycles. The third-order valence-electron chi connectivity index (χ3n) is 4.10. The zero-order valence-corrected chi connectivity index (χ0v) is 11.8. The Morgan fingerprint density at radius 1 is 1.33 bits per heavy atom. The number of hydrogen-bond donors (Lipinski definition) is 1. The molecule has 2 rings (SSSR count).